The number of carbonyl (C=O) groups is 2. The van der Waals surface area contributed by atoms with E-state index in [-0.39, 0.29) is 51.1 Å². The lowest BCUT2D eigenvalue weighted by Gasteiger charge is -2.73. The van der Waals surface area contributed by atoms with Crippen LogP contribution in [0.3, 0.4) is 0 Å². The molecule has 0 radical (unpaired) electrons. The number of aliphatic hydroxyl groups is 1. The molecule has 1 aromatic rings. The first kappa shape index (κ1) is 32.3. The summed E-state index contributed by atoms with van der Waals surface area (Å²) in [5, 5.41) is 35.1. The van der Waals surface area contributed by atoms with Gasteiger partial charge in [0.05, 0.1) is 28.6 Å². The quantitative estimate of drug-likeness (QED) is 0.292. The number of hydrogen-bond acceptors (Lipinski definition) is 4. The van der Waals surface area contributed by atoms with Crippen LogP contribution >= 0.6 is 0 Å². The molecule has 0 bridgehead atoms. The summed E-state index contributed by atoms with van der Waals surface area (Å²) in [6.45, 7) is 18.9. The van der Waals surface area contributed by atoms with Gasteiger partial charge in [-0.25, -0.2) is 4.79 Å². The van der Waals surface area contributed by atoms with E-state index in [1.807, 2.05) is 0 Å². The van der Waals surface area contributed by atoms with Crippen molar-refractivity contribution < 1.29 is 19.8 Å². The van der Waals surface area contributed by atoms with Gasteiger partial charge in [0.2, 0.25) is 5.91 Å². The first-order valence-corrected chi connectivity index (χ1v) is 17.4. The zero-order valence-electron chi connectivity index (χ0n) is 28.3. The van der Waals surface area contributed by atoms with Crippen LogP contribution in [0.2, 0.25) is 0 Å². The number of rotatable bonds is 5. The van der Waals surface area contributed by atoms with E-state index in [0.29, 0.717) is 31.2 Å². The third-order valence-corrected chi connectivity index (χ3v) is 15.5. The minimum Gasteiger partial charge on any atom is -0.478 e. The molecule has 10 atom stereocenters. The Kier molecular flexibility index (Phi) is 7.48. The number of nitrogens with one attached hydrogen (secondary N) is 1. The fraction of sp³-hybridized carbons (Fsp3) is 0.718. The maximum Gasteiger partial charge on any atom is 0.335 e. The van der Waals surface area contributed by atoms with E-state index >= 15 is 0 Å². The highest BCUT2D eigenvalue weighted by molar-refractivity contribution is 5.87. The first-order chi connectivity index (χ1) is 21.0. The molecule has 45 heavy (non-hydrogen) atoms. The fourth-order valence-electron chi connectivity index (χ4n) is 13.1. The van der Waals surface area contributed by atoms with Crippen molar-refractivity contribution in [3.8, 4) is 6.07 Å². The molecule has 3 N–H and O–H groups in total. The standard InChI is InChI=1S/C39H54N2O4/c1-24(2)27-14-19-38(33(45)41-22-25-8-10-26(11-9-25)32(43)44)21-20-37(7)30(39(27,38)23-40)13-12-29-35(5)17-16-31(42)34(3,4)28(35)15-18-36(29,37)6/h8-11,27-31,42H,1,12-22H2,2-7H3,(H,41,45)(H,43,44)/t27-,28?,29?,30-,31-,35-,36+,37+,38+,39?/m0/s1. The highest BCUT2D eigenvalue weighted by Gasteiger charge is 2.77. The third kappa shape index (κ3) is 4.07. The molecule has 0 saturated heterocycles. The zero-order valence-corrected chi connectivity index (χ0v) is 28.3. The third-order valence-electron chi connectivity index (χ3n) is 15.5. The van der Waals surface area contributed by atoms with Crippen LogP contribution in [0.1, 0.15) is 122 Å². The zero-order chi connectivity index (χ0) is 32.8. The average Bonchev–Trinajstić information content (AvgIpc) is 3.35. The van der Waals surface area contributed by atoms with Gasteiger partial charge in [0.25, 0.3) is 0 Å². The summed E-state index contributed by atoms with van der Waals surface area (Å²) in [5.41, 5.74) is 0.480. The van der Waals surface area contributed by atoms with E-state index in [2.05, 4.69) is 59.5 Å². The van der Waals surface area contributed by atoms with Gasteiger partial charge >= 0.3 is 5.97 Å². The van der Waals surface area contributed by atoms with Crippen LogP contribution in [0, 0.1) is 67.5 Å². The predicted octanol–water partition coefficient (Wildman–Crippen LogP) is 7.91. The average molecular weight is 615 g/mol. The lowest BCUT2D eigenvalue weighted by molar-refractivity contribution is -0.256. The molecule has 0 heterocycles. The summed E-state index contributed by atoms with van der Waals surface area (Å²) < 4.78 is 0. The van der Waals surface area contributed by atoms with Crippen molar-refractivity contribution in [1.29, 1.82) is 5.26 Å². The van der Waals surface area contributed by atoms with Crippen LogP contribution in [-0.2, 0) is 11.3 Å². The molecule has 5 saturated carbocycles. The normalized spacial score (nSPS) is 44.7. The Hall–Kier alpha value is -2.65. The van der Waals surface area contributed by atoms with Crippen molar-refractivity contribution in [2.75, 3.05) is 0 Å². The number of aromatic carboxylic acids is 1. The van der Waals surface area contributed by atoms with Gasteiger partial charge in [-0.15, -0.1) is 0 Å². The van der Waals surface area contributed by atoms with E-state index in [1.165, 1.54) is 0 Å². The van der Waals surface area contributed by atoms with E-state index in [9.17, 15) is 25.1 Å². The molecule has 0 aliphatic heterocycles. The second-order valence-electron chi connectivity index (χ2n) is 17.2. The maximum absolute atomic E-state index is 14.6. The predicted molar refractivity (Wildman–Crippen MR) is 175 cm³/mol. The number of hydrogen-bond donors (Lipinski definition) is 3. The second-order valence-corrected chi connectivity index (χ2v) is 17.2. The van der Waals surface area contributed by atoms with Crippen molar-refractivity contribution in [2.24, 2.45) is 56.2 Å². The number of fused-ring (bicyclic) bond motifs is 7. The summed E-state index contributed by atoms with van der Waals surface area (Å²) in [5.74, 6) is 0.0710. The molecule has 5 fully saturated rings. The molecule has 5 aliphatic rings. The number of amides is 1. The van der Waals surface area contributed by atoms with Gasteiger partial charge in [-0.05, 0) is 134 Å². The van der Waals surface area contributed by atoms with Gasteiger partial charge in [0.1, 0.15) is 0 Å². The number of nitrogens with zero attached hydrogens (tertiary/aromatic N) is 1. The number of benzene rings is 1. The Morgan fingerprint density at radius 2 is 1.53 bits per heavy atom. The molecule has 6 rings (SSSR count). The highest BCUT2D eigenvalue weighted by Crippen LogP contribution is 2.80. The van der Waals surface area contributed by atoms with Gasteiger partial charge in [-0.3, -0.25) is 4.79 Å². The Morgan fingerprint density at radius 1 is 0.889 bits per heavy atom. The Morgan fingerprint density at radius 3 is 2.16 bits per heavy atom. The van der Waals surface area contributed by atoms with Crippen LogP contribution < -0.4 is 5.32 Å². The fourth-order valence-corrected chi connectivity index (χ4v) is 13.1. The van der Waals surface area contributed by atoms with E-state index in [1.54, 1.807) is 24.3 Å². The molecule has 1 aromatic carbocycles. The maximum atomic E-state index is 14.6. The molecule has 6 nitrogen and oxygen atoms in total. The number of carboxylic acid groups (broad SMARTS) is 1. The van der Waals surface area contributed by atoms with E-state index < -0.39 is 16.8 Å². The monoisotopic (exact) mass is 614 g/mol. The van der Waals surface area contributed by atoms with Crippen LogP contribution in [0.15, 0.2) is 36.4 Å². The minimum atomic E-state index is -0.971. The van der Waals surface area contributed by atoms with E-state index in [0.717, 1.165) is 62.5 Å². The van der Waals surface area contributed by atoms with Gasteiger partial charge in [-0.1, -0.05) is 58.9 Å². The Bertz CT molecular complexity index is 1440. The molecule has 1 amide bonds. The molecular weight excluding hydrogens is 560 g/mol. The van der Waals surface area contributed by atoms with E-state index in [4.69, 9.17) is 0 Å². The van der Waals surface area contributed by atoms with Crippen LogP contribution in [0.5, 0.6) is 0 Å². The number of allylic oxidation sites excluding steroid dienone is 1. The number of nitriles is 1. The van der Waals surface area contributed by atoms with Gasteiger partial charge < -0.3 is 15.5 Å². The lowest BCUT2D eigenvalue weighted by atomic mass is 9.30. The minimum absolute atomic E-state index is 0.0245. The smallest absolute Gasteiger partial charge is 0.335 e. The topological polar surface area (TPSA) is 110 Å². The van der Waals surface area contributed by atoms with Gasteiger partial charge in [0, 0.05) is 6.54 Å². The molecule has 0 spiro atoms. The van der Waals surface area contributed by atoms with Crippen molar-refractivity contribution >= 4 is 11.9 Å². The highest BCUT2D eigenvalue weighted by atomic mass is 16.4. The van der Waals surface area contributed by atoms with Gasteiger partial charge in [0.15, 0.2) is 0 Å². The summed E-state index contributed by atoms with van der Waals surface area (Å²) in [6.07, 6.45) is 9.02. The summed E-state index contributed by atoms with van der Waals surface area (Å²) in [6, 6.07) is 9.61. The molecule has 6 heteroatoms. The summed E-state index contributed by atoms with van der Waals surface area (Å²) >= 11 is 0. The number of aliphatic hydroxyl groups excluding tert-OH is 1. The van der Waals surface area contributed by atoms with Crippen molar-refractivity contribution in [3.63, 3.8) is 0 Å². The molecule has 3 unspecified atom stereocenters. The van der Waals surface area contributed by atoms with Crippen LogP contribution in [0.25, 0.3) is 0 Å². The van der Waals surface area contributed by atoms with Crippen molar-refractivity contribution in [2.45, 2.75) is 118 Å². The van der Waals surface area contributed by atoms with Crippen molar-refractivity contribution in [3.05, 3.63) is 47.5 Å². The Labute approximate surface area is 270 Å². The molecular formula is C39H54N2O4. The Balaban J connectivity index is 1.37. The first-order valence-electron chi connectivity index (χ1n) is 17.4. The second kappa shape index (κ2) is 10.4. The summed E-state index contributed by atoms with van der Waals surface area (Å²) in [7, 11) is 0. The lowest BCUT2D eigenvalue weighted by Crippen LogP contribution is -2.70. The summed E-state index contributed by atoms with van der Waals surface area (Å²) in [4.78, 5) is 25.9. The molecule has 0 aromatic heterocycles. The van der Waals surface area contributed by atoms with Crippen molar-refractivity contribution in [1.82, 2.24) is 5.32 Å². The van der Waals surface area contributed by atoms with Crippen LogP contribution in [-0.4, -0.2) is 28.2 Å². The molecule has 5 aliphatic carbocycles. The van der Waals surface area contributed by atoms with Gasteiger partial charge in [-0.2, -0.15) is 5.26 Å². The molecule has 244 valence electrons. The number of carbonyl (C=O) groups excluding carboxylic acids is 1. The SMILES string of the molecule is C=C(C)[C@@H]1CC[C@]2(C(=O)NCc3ccc(C(=O)O)cc3)CC[C@]3(C)[C@H](CCC4[C@@]5(C)CC[C@H](O)C(C)(C)C5CC[C@]43C)C12C#N. The largest absolute Gasteiger partial charge is 0.478 e. The number of carboxylic acids is 1. The van der Waals surface area contributed by atoms with Crippen LogP contribution in [0.4, 0.5) is 0 Å².